The minimum absolute atomic E-state index is 0.341. The van der Waals surface area contributed by atoms with Crippen LogP contribution in [0.4, 0.5) is 0 Å². The minimum atomic E-state index is -0.468. The van der Waals surface area contributed by atoms with Crippen molar-refractivity contribution in [3.8, 4) is 0 Å². The summed E-state index contributed by atoms with van der Waals surface area (Å²) in [6, 6.07) is 0. The van der Waals surface area contributed by atoms with Crippen molar-refractivity contribution in [3.05, 3.63) is 0 Å². The number of carbonyl (C=O) groups is 1. The van der Waals surface area contributed by atoms with Gasteiger partial charge in [0, 0.05) is 5.33 Å². The second kappa shape index (κ2) is 5.93. The fourth-order valence-corrected chi connectivity index (χ4v) is 1.01. The maximum absolute atomic E-state index is 11.1. The Labute approximate surface area is 81.4 Å². The molecule has 2 N–H and O–H groups in total. The third kappa shape index (κ3) is 3.50. The molecule has 0 saturated carbocycles. The lowest BCUT2D eigenvalue weighted by Crippen LogP contribution is -2.38. The van der Waals surface area contributed by atoms with E-state index in [-0.39, 0.29) is 5.91 Å². The molecule has 0 radical (unpaired) electrons. The van der Waals surface area contributed by atoms with E-state index in [1.165, 1.54) is 0 Å². The highest BCUT2D eigenvalue weighted by molar-refractivity contribution is 9.12. The highest BCUT2D eigenvalue weighted by Crippen LogP contribution is 2.07. The SMILES string of the molecule is O=C(C(Br)CBr)N(CO)CO. The molecule has 0 heterocycles. The Morgan fingerprint density at radius 1 is 1.45 bits per heavy atom. The predicted octanol–water partition coefficient (Wildman–Crippen LogP) is -0.127. The summed E-state index contributed by atoms with van der Waals surface area (Å²) < 4.78 is 0. The van der Waals surface area contributed by atoms with Gasteiger partial charge in [0.1, 0.15) is 18.3 Å². The van der Waals surface area contributed by atoms with Gasteiger partial charge in [-0.2, -0.15) is 0 Å². The fraction of sp³-hybridized carbons (Fsp3) is 0.800. The molecule has 6 heteroatoms. The first-order valence-corrected chi connectivity index (χ1v) is 4.91. The number of aliphatic hydroxyl groups is 2. The number of halogens is 2. The third-order valence-electron chi connectivity index (χ3n) is 1.06. The number of alkyl halides is 2. The summed E-state index contributed by atoms with van der Waals surface area (Å²) >= 11 is 6.15. The molecule has 0 aromatic rings. The van der Waals surface area contributed by atoms with Crippen LogP contribution in [0.15, 0.2) is 0 Å². The van der Waals surface area contributed by atoms with Gasteiger partial charge in [-0.25, -0.2) is 0 Å². The van der Waals surface area contributed by atoms with E-state index in [2.05, 4.69) is 31.9 Å². The van der Waals surface area contributed by atoms with Crippen molar-refractivity contribution in [1.29, 1.82) is 0 Å². The zero-order valence-corrected chi connectivity index (χ0v) is 8.88. The van der Waals surface area contributed by atoms with Gasteiger partial charge < -0.3 is 10.2 Å². The topological polar surface area (TPSA) is 60.8 Å². The Balaban J connectivity index is 3.97. The maximum atomic E-state index is 11.1. The Bertz CT molecular complexity index is 129. The van der Waals surface area contributed by atoms with Gasteiger partial charge in [0.25, 0.3) is 0 Å². The summed E-state index contributed by atoms with van der Waals surface area (Å²) in [5.74, 6) is -0.341. The molecule has 0 rings (SSSR count). The van der Waals surface area contributed by atoms with Crippen LogP contribution in [0.1, 0.15) is 0 Å². The molecular formula is C5H9Br2NO3. The van der Waals surface area contributed by atoms with E-state index in [0.29, 0.717) is 5.33 Å². The van der Waals surface area contributed by atoms with Gasteiger partial charge in [0.15, 0.2) is 0 Å². The van der Waals surface area contributed by atoms with E-state index in [4.69, 9.17) is 10.2 Å². The first-order valence-electron chi connectivity index (χ1n) is 2.88. The van der Waals surface area contributed by atoms with Crippen LogP contribution in [0.5, 0.6) is 0 Å². The molecule has 1 unspecified atom stereocenters. The summed E-state index contributed by atoms with van der Waals surface area (Å²) in [7, 11) is 0. The zero-order valence-electron chi connectivity index (χ0n) is 5.70. The first kappa shape index (κ1) is 11.4. The number of rotatable bonds is 4. The molecule has 0 spiro atoms. The number of amides is 1. The Hall–Kier alpha value is 0.350. The lowest BCUT2D eigenvalue weighted by Gasteiger charge is -2.18. The zero-order chi connectivity index (χ0) is 8.85. The van der Waals surface area contributed by atoms with Crippen LogP contribution in [-0.4, -0.2) is 44.6 Å². The molecule has 1 amide bonds. The average molecular weight is 291 g/mol. The summed E-state index contributed by atoms with van der Waals surface area (Å²) in [4.78, 5) is 11.6. The molecule has 11 heavy (non-hydrogen) atoms. The van der Waals surface area contributed by atoms with Crippen LogP contribution in [-0.2, 0) is 4.79 Å². The summed E-state index contributed by atoms with van der Waals surface area (Å²) in [6.45, 7) is -0.936. The molecular weight excluding hydrogens is 282 g/mol. The van der Waals surface area contributed by atoms with Crippen molar-refractivity contribution in [2.24, 2.45) is 0 Å². The van der Waals surface area contributed by atoms with Crippen molar-refractivity contribution in [3.63, 3.8) is 0 Å². The smallest absolute Gasteiger partial charge is 0.240 e. The van der Waals surface area contributed by atoms with Gasteiger partial charge >= 0.3 is 0 Å². The van der Waals surface area contributed by atoms with Crippen LogP contribution in [0.3, 0.4) is 0 Å². The number of hydrogen-bond acceptors (Lipinski definition) is 3. The third-order valence-corrected chi connectivity index (χ3v) is 3.29. The van der Waals surface area contributed by atoms with E-state index in [9.17, 15) is 4.79 Å². The van der Waals surface area contributed by atoms with Crippen LogP contribution in [0.2, 0.25) is 0 Å². The van der Waals surface area contributed by atoms with Gasteiger partial charge in [-0.1, -0.05) is 31.9 Å². The maximum Gasteiger partial charge on any atom is 0.240 e. The Morgan fingerprint density at radius 2 is 1.91 bits per heavy atom. The van der Waals surface area contributed by atoms with E-state index in [1.54, 1.807) is 0 Å². The first-order chi connectivity index (χ1) is 5.17. The molecule has 66 valence electrons. The molecule has 1 atom stereocenters. The molecule has 0 aliphatic rings. The van der Waals surface area contributed by atoms with Crippen molar-refractivity contribution < 1.29 is 15.0 Å². The van der Waals surface area contributed by atoms with E-state index >= 15 is 0 Å². The summed E-state index contributed by atoms with van der Waals surface area (Å²) in [6.07, 6.45) is 0. The van der Waals surface area contributed by atoms with Gasteiger partial charge in [-0.3, -0.25) is 9.69 Å². The molecule has 0 aromatic carbocycles. The Morgan fingerprint density at radius 3 is 2.18 bits per heavy atom. The van der Waals surface area contributed by atoms with Crippen LogP contribution >= 0.6 is 31.9 Å². The van der Waals surface area contributed by atoms with Crippen molar-refractivity contribution in [2.45, 2.75) is 4.83 Å². The van der Waals surface area contributed by atoms with Crippen LogP contribution in [0.25, 0.3) is 0 Å². The fourth-order valence-electron chi connectivity index (χ4n) is 0.448. The molecule has 0 fully saturated rings. The van der Waals surface area contributed by atoms with Crippen molar-refractivity contribution in [2.75, 3.05) is 18.8 Å². The second-order valence-corrected chi connectivity index (χ2v) is 3.54. The highest BCUT2D eigenvalue weighted by Gasteiger charge is 2.18. The minimum Gasteiger partial charge on any atom is -0.376 e. The van der Waals surface area contributed by atoms with Crippen molar-refractivity contribution >= 4 is 37.8 Å². The standard InChI is InChI=1S/C5H9Br2NO3/c6-1-4(7)5(11)8(2-9)3-10/h4,9-10H,1-3H2. The molecule has 0 saturated heterocycles. The molecule has 0 aliphatic carbocycles. The lowest BCUT2D eigenvalue weighted by atomic mass is 10.4. The normalized spacial score (nSPS) is 12.7. The van der Waals surface area contributed by atoms with E-state index in [1.807, 2.05) is 0 Å². The monoisotopic (exact) mass is 289 g/mol. The summed E-state index contributed by atoms with van der Waals surface area (Å²) in [5, 5.41) is 17.5. The van der Waals surface area contributed by atoms with Gasteiger partial charge in [-0.05, 0) is 0 Å². The lowest BCUT2D eigenvalue weighted by molar-refractivity contribution is -0.138. The van der Waals surface area contributed by atoms with Gasteiger partial charge in [0.05, 0.1) is 0 Å². The molecule has 0 aromatic heterocycles. The quantitative estimate of drug-likeness (QED) is 0.560. The Kier molecular flexibility index (Phi) is 6.12. The summed E-state index contributed by atoms with van der Waals surface area (Å²) in [5.41, 5.74) is 0. The largest absolute Gasteiger partial charge is 0.376 e. The number of aliphatic hydroxyl groups excluding tert-OH is 2. The van der Waals surface area contributed by atoms with E-state index < -0.39 is 18.3 Å². The molecule has 4 nitrogen and oxygen atoms in total. The number of nitrogens with zero attached hydrogens (tertiary/aromatic N) is 1. The van der Waals surface area contributed by atoms with E-state index in [0.717, 1.165) is 4.90 Å². The van der Waals surface area contributed by atoms with Crippen LogP contribution in [0, 0.1) is 0 Å². The second-order valence-electron chi connectivity index (χ2n) is 1.78. The van der Waals surface area contributed by atoms with Crippen LogP contribution < -0.4 is 0 Å². The number of carbonyl (C=O) groups excluding carboxylic acids is 1. The van der Waals surface area contributed by atoms with Gasteiger partial charge in [-0.15, -0.1) is 0 Å². The predicted molar refractivity (Wildman–Crippen MR) is 47.5 cm³/mol. The molecule has 0 bridgehead atoms. The van der Waals surface area contributed by atoms with Crippen molar-refractivity contribution in [1.82, 2.24) is 4.90 Å². The molecule has 0 aliphatic heterocycles. The van der Waals surface area contributed by atoms with Gasteiger partial charge in [0.2, 0.25) is 5.91 Å². The highest BCUT2D eigenvalue weighted by atomic mass is 79.9. The average Bonchev–Trinajstić information content (AvgIpc) is 2.05. The number of hydrogen-bond donors (Lipinski definition) is 2.